The third-order valence-electron chi connectivity index (χ3n) is 6.74. The molecule has 6 aromatic carbocycles. The minimum atomic E-state index is -3.22. The third-order valence-corrected chi connectivity index (χ3v) is 8.78. The van der Waals surface area contributed by atoms with Crippen molar-refractivity contribution in [2.24, 2.45) is 0 Å². The number of nitrogens with zero attached hydrogens (tertiary/aromatic N) is 2. The normalized spacial score (nSPS) is 12.2. The van der Waals surface area contributed by atoms with Crippen molar-refractivity contribution in [3.63, 3.8) is 0 Å². The summed E-state index contributed by atoms with van der Waals surface area (Å²) in [6.07, 6.45) is 0. The van der Waals surface area contributed by atoms with E-state index in [-0.39, 0.29) is 0 Å². The van der Waals surface area contributed by atoms with Crippen LogP contribution in [0.3, 0.4) is 0 Å². The monoisotopic (exact) mass is 584 g/mol. The van der Waals surface area contributed by atoms with Gasteiger partial charge >= 0.3 is 0 Å². The maximum atomic E-state index is 13.6. The molecule has 0 bridgehead atoms. The van der Waals surface area contributed by atoms with Gasteiger partial charge in [0.05, 0.1) is 4.90 Å². The summed E-state index contributed by atoms with van der Waals surface area (Å²) in [5.41, 5.74) is 5.97. The smallest absolute Gasteiger partial charge is 0.215 e. The summed E-state index contributed by atoms with van der Waals surface area (Å²) >= 11 is 5.51. The zero-order valence-electron chi connectivity index (χ0n) is 22.7. The minimum Gasteiger partial charge on any atom is -0.397 e. The summed E-state index contributed by atoms with van der Waals surface area (Å²) < 4.78 is 19.5. The Kier molecular flexibility index (Phi) is 7.99. The zero-order chi connectivity index (χ0) is 28.8. The minimum absolute atomic E-state index is 0.444. The lowest BCUT2D eigenvalue weighted by Gasteiger charge is -2.26. The molecule has 0 aliphatic carbocycles. The second-order valence-corrected chi connectivity index (χ2v) is 12.4. The van der Waals surface area contributed by atoms with Crippen molar-refractivity contribution in [1.82, 2.24) is 0 Å². The SMILES string of the molecule is O=S(=S)(Oc1ccc(N(c2ccccc2)c2ccccc2)cc1)c1ccc(N(c2ccccc2)c2ccccc2)cc1. The van der Waals surface area contributed by atoms with Gasteiger partial charge in [0.25, 0.3) is 0 Å². The lowest BCUT2D eigenvalue weighted by atomic mass is 10.2. The van der Waals surface area contributed by atoms with E-state index in [1.54, 1.807) is 24.3 Å². The molecule has 0 saturated carbocycles. The summed E-state index contributed by atoms with van der Waals surface area (Å²) in [7, 11) is -3.22. The lowest BCUT2D eigenvalue weighted by Crippen LogP contribution is -2.12. The number of para-hydroxylation sites is 4. The Hall–Kier alpha value is -4.91. The van der Waals surface area contributed by atoms with Crippen molar-refractivity contribution < 1.29 is 8.39 Å². The van der Waals surface area contributed by atoms with Gasteiger partial charge in [-0.15, -0.1) is 0 Å². The molecule has 0 heterocycles. The molecule has 0 aromatic heterocycles. The van der Waals surface area contributed by atoms with Gasteiger partial charge in [0.2, 0.25) is 8.77 Å². The van der Waals surface area contributed by atoms with Gasteiger partial charge in [-0.05, 0) is 97.1 Å². The van der Waals surface area contributed by atoms with Crippen LogP contribution in [0.1, 0.15) is 0 Å². The average molecular weight is 585 g/mol. The molecule has 42 heavy (non-hydrogen) atoms. The van der Waals surface area contributed by atoms with Crippen molar-refractivity contribution in [3.8, 4) is 5.75 Å². The van der Waals surface area contributed by atoms with E-state index in [9.17, 15) is 4.21 Å². The van der Waals surface area contributed by atoms with Crippen molar-refractivity contribution >= 4 is 54.1 Å². The van der Waals surface area contributed by atoms with Crippen LogP contribution < -0.4 is 14.0 Å². The first kappa shape index (κ1) is 27.3. The van der Waals surface area contributed by atoms with E-state index < -0.39 is 8.77 Å². The van der Waals surface area contributed by atoms with Gasteiger partial charge in [0, 0.05) is 45.3 Å². The molecule has 0 amide bonds. The van der Waals surface area contributed by atoms with E-state index >= 15 is 0 Å². The Bertz CT molecular complexity index is 1750. The van der Waals surface area contributed by atoms with Gasteiger partial charge in [-0.25, -0.2) is 4.21 Å². The standard InChI is InChI=1S/C36H28N2O2S2/c39-42(41,36-27-23-34(24-28-36)38(31-17-9-3-10-18-31)32-19-11-4-12-20-32)40-35-25-21-33(22-26-35)37(29-13-5-1-6-14-29)30-15-7-2-8-16-30/h1-28H. The summed E-state index contributed by atoms with van der Waals surface area (Å²) in [4.78, 5) is 4.74. The molecule has 1 atom stereocenters. The van der Waals surface area contributed by atoms with E-state index in [2.05, 4.69) is 58.3 Å². The molecule has 1 unspecified atom stereocenters. The first-order valence-corrected chi connectivity index (χ1v) is 15.9. The van der Waals surface area contributed by atoms with Crippen LogP contribution in [0.15, 0.2) is 175 Å². The Morgan fingerprint density at radius 2 is 0.690 bits per heavy atom. The second kappa shape index (κ2) is 12.3. The van der Waals surface area contributed by atoms with Crippen molar-refractivity contribution in [1.29, 1.82) is 0 Å². The van der Waals surface area contributed by atoms with Gasteiger partial charge in [0.15, 0.2) is 0 Å². The van der Waals surface area contributed by atoms with Gasteiger partial charge in [-0.1, -0.05) is 72.8 Å². The Morgan fingerprint density at radius 1 is 0.405 bits per heavy atom. The summed E-state index contributed by atoms with van der Waals surface area (Å²) in [5.74, 6) is 0.444. The third kappa shape index (κ3) is 6.05. The van der Waals surface area contributed by atoms with Crippen LogP contribution in [0.4, 0.5) is 34.1 Å². The summed E-state index contributed by atoms with van der Waals surface area (Å²) in [5, 5.41) is 0. The molecule has 0 radical (unpaired) electrons. The van der Waals surface area contributed by atoms with E-state index in [4.69, 9.17) is 15.4 Å². The van der Waals surface area contributed by atoms with E-state index in [0.717, 1.165) is 34.1 Å². The Morgan fingerprint density at radius 3 is 1.02 bits per heavy atom. The van der Waals surface area contributed by atoms with E-state index in [1.807, 2.05) is 97.1 Å². The highest BCUT2D eigenvalue weighted by Crippen LogP contribution is 2.36. The quantitative estimate of drug-likeness (QED) is 0.169. The first-order chi connectivity index (χ1) is 20.6. The first-order valence-electron chi connectivity index (χ1n) is 13.5. The number of rotatable bonds is 9. The molecule has 6 rings (SSSR count). The number of anilines is 6. The van der Waals surface area contributed by atoms with E-state index in [0.29, 0.717) is 10.6 Å². The zero-order valence-corrected chi connectivity index (χ0v) is 24.3. The molecule has 0 N–H and O–H groups in total. The molecule has 6 aromatic rings. The molecule has 0 spiro atoms. The second-order valence-electron chi connectivity index (χ2n) is 9.54. The molecular weight excluding hydrogens is 557 g/mol. The van der Waals surface area contributed by atoms with Crippen molar-refractivity contribution in [3.05, 3.63) is 170 Å². The molecule has 206 valence electrons. The molecule has 4 nitrogen and oxygen atoms in total. The van der Waals surface area contributed by atoms with Crippen LogP contribution in [-0.2, 0) is 20.0 Å². The fraction of sp³-hybridized carbons (Fsp3) is 0. The van der Waals surface area contributed by atoms with Crippen LogP contribution in [-0.4, -0.2) is 4.21 Å². The Labute approximate surface area is 252 Å². The van der Waals surface area contributed by atoms with Crippen molar-refractivity contribution in [2.75, 3.05) is 9.80 Å². The molecule has 0 aliphatic heterocycles. The van der Waals surface area contributed by atoms with Crippen molar-refractivity contribution in [2.45, 2.75) is 4.90 Å². The van der Waals surface area contributed by atoms with Crippen LogP contribution in [0, 0.1) is 0 Å². The van der Waals surface area contributed by atoms with Gasteiger partial charge in [-0.3, -0.25) is 0 Å². The molecule has 0 saturated heterocycles. The summed E-state index contributed by atoms with van der Waals surface area (Å²) in [6, 6.07) is 55.5. The van der Waals surface area contributed by atoms with Crippen LogP contribution >= 0.6 is 0 Å². The molecule has 6 heteroatoms. The van der Waals surface area contributed by atoms with Gasteiger partial charge < -0.3 is 14.0 Å². The highest BCUT2D eigenvalue weighted by Gasteiger charge is 2.17. The molecular formula is C36H28N2O2S2. The number of hydrogen-bond donors (Lipinski definition) is 0. The molecule has 0 aliphatic rings. The summed E-state index contributed by atoms with van der Waals surface area (Å²) in [6.45, 7) is 0. The van der Waals surface area contributed by atoms with Crippen LogP contribution in [0.25, 0.3) is 0 Å². The molecule has 0 fully saturated rings. The average Bonchev–Trinajstić information content (AvgIpc) is 3.04. The van der Waals surface area contributed by atoms with E-state index in [1.165, 1.54) is 0 Å². The predicted molar refractivity (Wildman–Crippen MR) is 177 cm³/mol. The topological polar surface area (TPSA) is 32.8 Å². The van der Waals surface area contributed by atoms with Crippen LogP contribution in [0.2, 0.25) is 0 Å². The highest BCUT2D eigenvalue weighted by molar-refractivity contribution is 8.30. The Balaban J connectivity index is 1.24. The number of hydrogen-bond acceptors (Lipinski definition) is 5. The largest absolute Gasteiger partial charge is 0.397 e. The fourth-order valence-corrected chi connectivity index (χ4v) is 6.29. The van der Waals surface area contributed by atoms with Gasteiger partial charge in [-0.2, -0.15) is 0 Å². The maximum absolute atomic E-state index is 13.6. The highest BCUT2D eigenvalue weighted by atomic mass is 32.8. The predicted octanol–water partition coefficient (Wildman–Crippen LogP) is 9.73. The number of benzene rings is 6. The lowest BCUT2D eigenvalue weighted by molar-refractivity contribution is 0.559. The van der Waals surface area contributed by atoms with Crippen LogP contribution in [0.5, 0.6) is 5.75 Å². The maximum Gasteiger partial charge on any atom is 0.215 e. The van der Waals surface area contributed by atoms with Gasteiger partial charge in [0.1, 0.15) is 5.75 Å². The fourth-order valence-electron chi connectivity index (χ4n) is 4.79.